The highest BCUT2D eigenvalue weighted by Gasteiger charge is 2.23. The van der Waals surface area contributed by atoms with Crippen LogP contribution in [0.2, 0.25) is 0 Å². The second kappa shape index (κ2) is 8.96. The maximum atomic E-state index is 12.4. The first-order chi connectivity index (χ1) is 12.1. The minimum absolute atomic E-state index is 0.0344. The third-order valence-electron chi connectivity index (χ3n) is 5.45. The molecule has 140 valence electrons. The van der Waals surface area contributed by atoms with Crippen molar-refractivity contribution in [2.24, 2.45) is 5.92 Å². The van der Waals surface area contributed by atoms with E-state index < -0.39 is 0 Å². The molecule has 0 saturated carbocycles. The highest BCUT2D eigenvalue weighted by molar-refractivity contribution is 7.07. The minimum Gasteiger partial charge on any atom is -0.379 e. The monoisotopic (exact) mass is 367 g/mol. The zero-order chi connectivity index (χ0) is 17.6. The van der Waals surface area contributed by atoms with Crippen molar-refractivity contribution in [3.05, 3.63) is 20.7 Å². The van der Waals surface area contributed by atoms with Gasteiger partial charge in [-0.15, -0.1) is 0 Å². The van der Waals surface area contributed by atoms with E-state index in [0.717, 1.165) is 70.4 Å². The van der Waals surface area contributed by atoms with Crippen LogP contribution in [0.4, 0.5) is 0 Å². The summed E-state index contributed by atoms with van der Waals surface area (Å²) in [7, 11) is 0. The third kappa shape index (κ3) is 5.15. The van der Waals surface area contributed by atoms with E-state index in [-0.39, 0.29) is 10.8 Å². The number of carbonyl (C=O) groups is 1. The van der Waals surface area contributed by atoms with Gasteiger partial charge in [-0.05, 0) is 38.6 Å². The van der Waals surface area contributed by atoms with Crippen LogP contribution in [0.3, 0.4) is 0 Å². The molecular formula is C18H29N3O3S. The summed E-state index contributed by atoms with van der Waals surface area (Å²) in [5.74, 6) is 0.915. The number of nitrogens with zero attached hydrogens (tertiary/aromatic N) is 3. The van der Waals surface area contributed by atoms with Crippen LogP contribution < -0.4 is 4.87 Å². The van der Waals surface area contributed by atoms with E-state index in [2.05, 4.69) is 4.90 Å². The van der Waals surface area contributed by atoms with Gasteiger partial charge in [0.25, 0.3) is 0 Å². The fourth-order valence-electron chi connectivity index (χ4n) is 3.70. The molecule has 2 aliphatic rings. The number of hydrogen-bond donors (Lipinski definition) is 0. The maximum Gasteiger partial charge on any atom is 0.307 e. The van der Waals surface area contributed by atoms with E-state index in [0.29, 0.717) is 13.0 Å². The van der Waals surface area contributed by atoms with Crippen molar-refractivity contribution in [2.45, 2.75) is 39.2 Å². The number of aryl methyl sites for hydroxylation is 1. The molecule has 3 heterocycles. The number of carbonyl (C=O) groups excluding carboxylic acids is 1. The molecule has 2 aliphatic heterocycles. The van der Waals surface area contributed by atoms with Crippen LogP contribution in [0, 0.1) is 12.8 Å². The number of amides is 1. The van der Waals surface area contributed by atoms with Gasteiger partial charge < -0.3 is 14.2 Å². The van der Waals surface area contributed by atoms with Crippen LogP contribution in [0.15, 0.2) is 10.2 Å². The normalized spacial score (nSPS) is 20.1. The van der Waals surface area contributed by atoms with E-state index in [1.165, 1.54) is 17.8 Å². The Morgan fingerprint density at radius 2 is 1.92 bits per heavy atom. The summed E-state index contributed by atoms with van der Waals surface area (Å²) in [4.78, 5) is 28.6. The van der Waals surface area contributed by atoms with Gasteiger partial charge in [-0.3, -0.25) is 14.5 Å². The van der Waals surface area contributed by atoms with E-state index in [1.54, 1.807) is 4.57 Å². The second-order valence-electron chi connectivity index (χ2n) is 7.11. The Bertz CT molecular complexity index is 613. The van der Waals surface area contributed by atoms with E-state index >= 15 is 0 Å². The molecule has 0 spiro atoms. The predicted molar refractivity (Wildman–Crippen MR) is 99.1 cm³/mol. The SMILES string of the molecule is Cc1csc(=O)n1CCC(=O)N1CCC(CCN2CCOCC2)CC1. The summed E-state index contributed by atoms with van der Waals surface area (Å²) >= 11 is 1.21. The zero-order valence-electron chi connectivity index (χ0n) is 15.1. The fraction of sp³-hybridized carbons (Fsp3) is 0.778. The molecule has 0 unspecified atom stereocenters. The summed E-state index contributed by atoms with van der Waals surface area (Å²) in [5.41, 5.74) is 0.949. The molecule has 0 aromatic carbocycles. The number of piperidine rings is 1. The summed E-state index contributed by atoms with van der Waals surface area (Å²) in [5, 5.41) is 1.85. The van der Waals surface area contributed by atoms with E-state index in [9.17, 15) is 9.59 Å². The van der Waals surface area contributed by atoms with Gasteiger partial charge in [-0.1, -0.05) is 11.3 Å². The lowest BCUT2D eigenvalue weighted by Gasteiger charge is -2.34. The molecule has 25 heavy (non-hydrogen) atoms. The standard InChI is InChI=1S/C18H29N3O3S/c1-15-14-25-18(23)21(15)9-5-17(22)20-7-3-16(4-8-20)2-6-19-10-12-24-13-11-19/h14,16H,2-13H2,1H3. The van der Waals surface area contributed by atoms with Gasteiger partial charge in [0.2, 0.25) is 5.91 Å². The topological polar surface area (TPSA) is 54.8 Å². The number of hydrogen-bond acceptors (Lipinski definition) is 5. The van der Waals surface area contributed by atoms with Crippen LogP contribution in [0.25, 0.3) is 0 Å². The predicted octanol–water partition coefficient (Wildman–Crippen LogP) is 1.57. The number of rotatable bonds is 6. The molecule has 0 bridgehead atoms. The smallest absolute Gasteiger partial charge is 0.307 e. The lowest BCUT2D eigenvalue weighted by molar-refractivity contribution is -0.132. The lowest BCUT2D eigenvalue weighted by Crippen LogP contribution is -2.41. The van der Waals surface area contributed by atoms with E-state index in [1.807, 2.05) is 17.2 Å². The van der Waals surface area contributed by atoms with Crippen LogP contribution in [0.5, 0.6) is 0 Å². The maximum absolute atomic E-state index is 12.4. The molecule has 0 radical (unpaired) electrons. The lowest BCUT2D eigenvalue weighted by atomic mass is 9.93. The fourth-order valence-corrected chi connectivity index (χ4v) is 4.46. The molecule has 1 amide bonds. The van der Waals surface area contributed by atoms with Crippen molar-refractivity contribution in [3.63, 3.8) is 0 Å². The third-order valence-corrected chi connectivity index (χ3v) is 6.33. The molecular weight excluding hydrogens is 338 g/mol. The molecule has 7 heteroatoms. The molecule has 2 fully saturated rings. The molecule has 0 N–H and O–H groups in total. The second-order valence-corrected chi connectivity index (χ2v) is 7.93. The number of thiazole rings is 1. The average molecular weight is 368 g/mol. The van der Waals surface area contributed by atoms with Crippen LogP contribution in [-0.4, -0.2) is 66.2 Å². The van der Waals surface area contributed by atoms with Crippen molar-refractivity contribution >= 4 is 17.2 Å². The first kappa shape index (κ1) is 18.6. The number of ether oxygens (including phenoxy) is 1. The van der Waals surface area contributed by atoms with Gasteiger partial charge in [0.1, 0.15) is 0 Å². The quantitative estimate of drug-likeness (QED) is 0.766. The van der Waals surface area contributed by atoms with Gasteiger partial charge in [-0.25, -0.2) is 0 Å². The van der Waals surface area contributed by atoms with Gasteiger partial charge in [0.15, 0.2) is 0 Å². The van der Waals surface area contributed by atoms with Crippen molar-refractivity contribution in [2.75, 3.05) is 45.9 Å². The van der Waals surface area contributed by atoms with Crippen molar-refractivity contribution < 1.29 is 9.53 Å². The van der Waals surface area contributed by atoms with Gasteiger partial charge in [0, 0.05) is 50.2 Å². The summed E-state index contributed by atoms with van der Waals surface area (Å²) < 4.78 is 7.10. The Kier molecular flexibility index (Phi) is 6.67. The summed E-state index contributed by atoms with van der Waals surface area (Å²) in [6.07, 6.45) is 3.86. The number of likely N-dealkylation sites (tertiary alicyclic amines) is 1. The van der Waals surface area contributed by atoms with E-state index in [4.69, 9.17) is 4.74 Å². The number of morpholine rings is 1. The molecule has 1 aromatic rings. The Hall–Kier alpha value is -1.18. The summed E-state index contributed by atoms with van der Waals surface area (Å²) in [6.45, 7) is 9.14. The molecule has 0 aliphatic carbocycles. The molecule has 3 rings (SSSR count). The molecule has 2 saturated heterocycles. The largest absolute Gasteiger partial charge is 0.379 e. The van der Waals surface area contributed by atoms with Gasteiger partial charge >= 0.3 is 4.87 Å². The summed E-state index contributed by atoms with van der Waals surface area (Å²) in [6, 6.07) is 0. The zero-order valence-corrected chi connectivity index (χ0v) is 15.9. The molecule has 0 atom stereocenters. The highest BCUT2D eigenvalue weighted by atomic mass is 32.1. The Labute approximate surface area is 153 Å². The molecule has 6 nitrogen and oxygen atoms in total. The van der Waals surface area contributed by atoms with Crippen LogP contribution in [-0.2, 0) is 16.1 Å². The van der Waals surface area contributed by atoms with Gasteiger partial charge in [-0.2, -0.15) is 0 Å². The highest BCUT2D eigenvalue weighted by Crippen LogP contribution is 2.21. The van der Waals surface area contributed by atoms with Crippen LogP contribution in [0.1, 0.15) is 31.4 Å². The Morgan fingerprint density at radius 1 is 1.20 bits per heavy atom. The van der Waals surface area contributed by atoms with Crippen LogP contribution >= 0.6 is 11.3 Å². The minimum atomic E-state index is 0.0344. The average Bonchev–Trinajstić information content (AvgIpc) is 2.97. The van der Waals surface area contributed by atoms with Gasteiger partial charge in [0.05, 0.1) is 13.2 Å². The Morgan fingerprint density at radius 3 is 2.56 bits per heavy atom. The first-order valence-electron chi connectivity index (χ1n) is 9.36. The number of aromatic nitrogens is 1. The van der Waals surface area contributed by atoms with Crippen molar-refractivity contribution in [1.82, 2.24) is 14.4 Å². The van der Waals surface area contributed by atoms with Crippen molar-refractivity contribution in [3.8, 4) is 0 Å². The first-order valence-corrected chi connectivity index (χ1v) is 10.2. The van der Waals surface area contributed by atoms with Crippen molar-refractivity contribution in [1.29, 1.82) is 0 Å². The Balaban J connectivity index is 1.36. The molecule has 1 aromatic heterocycles.